The highest BCUT2D eigenvalue weighted by molar-refractivity contribution is 5.90. The molecule has 7 heteroatoms. The molecule has 0 fully saturated rings. The van der Waals surface area contributed by atoms with E-state index in [1.807, 2.05) is 48.1 Å². The van der Waals surface area contributed by atoms with Gasteiger partial charge in [-0.05, 0) is 38.5 Å². The van der Waals surface area contributed by atoms with Gasteiger partial charge in [0.2, 0.25) is 0 Å². The number of hydrogen-bond donors (Lipinski definition) is 1. The first-order chi connectivity index (χ1) is 16.0. The van der Waals surface area contributed by atoms with Crippen LogP contribution in [0.1, 0.15) is 45.2 Å². The molecule has 0 saturated heterocycles. The number of aryl methyl sites for hydroxylation is 1. The monoisotopic (exact) mass is 446 g/mol. The van der Waals surface area contributed by atoms with Crippen LogP contribution in [-0.2, 0) is 16.6 Å². The van der Waals surface area contributed by atoms with E-state index in [0.717, 1.165) is 33.9 Å². The lowest BCUT2D eigenvalue weighted by Crippen LogP contribution is -2.28. The number of aliphatic hydroxyl groups excluding tert-OH is 1. The third kappa shape index (κ3) is 4.11. The van der Waals surface area contributed by atoms with Crippen LogP contribution in [-0.4, -0.2) is 37.2 Å². The SMILES string of the molecule is CCCC(C(C(=O)OCC)=C(C)O)C(c1cn(C)c2ccccc12)n1nnc2ccccc21. The summed E-state index contributed by atoms with van der Waals surface area (Å²) in [6, 6.07) is 15.6. The Morgan fingerprint density at radius 3 is 2.48 bits per heavy atom. The van der Waals surface area contributed by atoms with Gasteiger partial charge in [-0.25, -0.2) is 9.48 Å². The van der Waals surface area contributed by atoms with Gasteiger partial charge in [0, 0.05) is 35.6 Å². The van der Waals surface area contributed by atoms with Crippen molar-refractivity contribution in [2.45, 2.75) is 39.7 Å². The van der Waals surface area contributed by atoms with Crippen molar-refractivity contribution in [3.05, 3.63) is 71.6 Å². The molecule has 33 heavy (non-hydrogen) atoms. The maximum atomic E-state index is 13.0. The smallest absolute Gasteiger partial charge is 0.337 e. The predicted molar refractivity (Wildman–Crippen MR) is 129 cm³/mol. The number of para-hydroxylation sites is 2. The number of nitrogens with zero attached hydrogens (tertiary/aromatic N) is 4. The fraction of sp³-hybridized carbons (Fsp3) is 0.346. The van der Waals surface area contributed by atoms with Crippen LogP contribution in [0, 0.1) is 5.92 Å². The van der Waals surface area contributed by atoms with Crippen molar-refractivity contribution in [2.75, 3.05) is 6.61 Å². The summed E-state index contributed by atoms with van der Waals surface area (Å²) in [4.78, 5) is 13.0. The fourth-order valence-electron chi connectivity index (χ4n) is 4.77. The number of carbonyl (C=O) groups is 1. The van der Waals surface area contributed by atoms with Crippen molar-refractivity contribution in [1.82, 2.24) is 19.6 Å². The number of rotatable bonds is 8. The predicted octanol–water partition coefficient (Wildman–Crippen LogP) is 5.32. The van der Waals surface area contributed by atoms with E-state index in [1.54, 1.807) is 13.8 Å². The van der Waals surface area contributed by atoms with Crippen LogP contribution in [0.5, 0.6) is 0 Å². The van der Waals surface area contributed by atoms with Gasteiger partial charge in [-0.15, -0.1) is 5.10 Å². The Bertz CT molecular complexity index is 1310. The fourth-order valence-corrected chi connectivity index (χ4v) is 4.77. The van der Waals surface area contributed by atoms with Gasteiger partial charge >= 0.3 is 5.97 Å². The molecule has 2 heterocycles. The summed E-state index contributed by atoms with van der Waals surface area (Å²) in [6.45, 7) is 5.63. The average molecular weight is 447 g/mol. The largest absolute Gasteiger partial charge is 0.512 e. The molecule has 0 saturated carbocycles. The standard InChI is InChI=1S/C26H30N4O3/c1-5-11-19(24(17(3)31)26(32)33-6-2)25(30-23-15-10-8-13-21(23)27-28-30)20-16-29(4)22-14-9-7-12-18(20)22/h7-10,12-16,19,25,31H,5-6,11H2,1-4H3. The van der Waals surface area contributed by atoms with Crippen molar-refractivity contribution in [1.29, 1.82) is 0 Å². The number of fused-ring (bicyclic) bond motifs is 2. The molecule has 0 aliphatic carbocycles. The van der Waals surface area contributed by atoms with Crippen molar-refractivity contribution in [3.8, 4) is 0 Å². The van der Waals surface area contributed by atoms with Crippen LogP contribution in [0.2, 0.25) is 0 Å². The van der Waals surface area contributed by atoms with Crippen molar-refractivity contribution in [2.24, 2.45) is 13.0 Å². The second-order valence-electron chi connectivity index (χ2n) is 8.29. The first-order valence-electron chi connectivity index (χ1n) is 11.4. The van der Waals surface area contributed by atoms with E-state index in [-0.39, 0.29) is 29.9 Å². The molecule has 172 valence electrons. The number of aromatic nitrogens is 4. The zero-order valence-corrected chi connectivity index (χ0v) is 19.5. The molecule has 4 rings (SSSR count). The highest BCUT2D eigenvalue weighted by atomic mass is 16.5. The Morgan fingerprint density at radius 1 is 1.09 bits per heavy atom. The van der Waals surface area contributed by atoms with Crippen LogP contribution in [0.25, 0.3) is 21.9 Å². The van der Waals surface area contributed by atoms with Crippen LogP contribution in [0.4, 0.5) is 0 Å². The van der Waals surface area contributed by atoms with Crippen molar-refractivity contribution >= 4 is 27.9 Å². The summed E-state index contributed by atoms with van der Waals surface area (Å²) in [5.74, 6) is -0.887. The minimum atomic E-state index is -0.495. The Labute approximate surface area is 193 Å². The summed E-state index contributed by atoms with van der Waals surface area (Å²) in [6.07, 6.45) is 3.56. The third-order valence-corrected chi connectivity index (χ3v) is 6.12. The molecule has 0 spiro atoms. The Hall–Kier alpha value is -3.61. The highest BCUT2D eigenvalue weighted by Gasteiger charge is 2.36. The molecular formula is C26H30N4O3. The highest BCUT2D eigenvalue weighted by Crippen LogP contribution is 2.41. The number of esters is 1. The summed E-state index contributed by atoms with van der Waals surface area (Å²) in [5, 5.41) is 20.7. The number of aliphatic hydroxyl groups is 1. The number of allylic oxidation sites excluding steroid dienone is 1. The lowest BCUT2D eigenvalue weighted by molar-refractivity contribution is -0.139. The number of hydrogen-bond acceptors (Lipinski definition) is 5. The first kappa shape index (κ1) is 22.6. The van der Waals surface area contributed by atoms with E-state index in [9.17, 15) is 9.90 Å². The maximum Gasteiger partial charge on any atom is 0.337 e. The first-order valence-corrected chi connectivity index (χ1v) is 11.4. The van der Waals surface area contributed by atoms with Crippen LogP contribution < -0.4 is 0 Å². The second kappa shape index (κ2) is 9.48. The maximum absolute atomic E-state index is 13.0. The van der Waals surface area contributed by atoms with Crippen molar-refractivity contribution < 1.29 is 14.6 Å². The normalized spacial score (nSPS) is 14.3. The summed E-state index contributed by atoms with van der Waals surface area (Å²) < 4.78 is 9.34. The van der Waals surface area contributed by atoms with E-state index < -0.39 is 5.97 Å². The molecule has 0 amide bonds. The van der Waals surface area contributed by atoms with Crippen LogP contribution >= 0.6 is 0 Å². The molecule has 2 aromatic carbocycles. The third-order valence-electron chi connectivity index (χ3n) is 6.12. The van der Waals surface area contributed by atoms with Gasteiger partial charge < -0.3 is 14.4 Å². The van der Waals surface area contributed by atoms with Gasteiger partial charge in [0.15, 0.2) is 0 Å². The Balaban J connectivity index is 2.02. The number of ether oxygens (including phenoxy) is 1. The molecule has 2 aromatic heterocycles. The summed E-state index contributed by atoms with van der Waals surface area (Å²) in [5.41, 5.74) is 4.04. The van der Waals surface area contributed by atoms with Gasteiger partial charge in [-0.2, -0.15) is 0 Å². The number of carbonyl (C=O) groups excluding carboxylic acids is 1. The molecule has 0 aliphatic rings. The molecule has 2 atom stereocenters. The van der Waals surface area contributed by atoms with E-state index in [0.29, 0.717) is 6.42 Å². The van der Waals surface area contributed by atoms with Gasteiger partial charge in [0.1, 0.15) is 5.52 Å². The van der Waals surface area contributed by atoms with Gasteiger partial charge in [-0.1, -0.05) is 48.9 Å². The molecule has 0 aliphatic heterocycles. The summed E-state index contributed by atoms with van der Waals surface area (Å²) >= 11 is 0. The van der Waals surface area contributed by atoms with Gasteiger partial charge in [0.25, 0.3) is 0 Å². The average Bonchev–Trinajstić information content (AvgIpc) is 3.36. The lowest BCUT2D eigenvalue weighted by Gasteiger charge is -2.29. The molecular weight excluding hydrogens is 416 g/mol. The molecule has 2 unspecified atom stereocenters. The molecule has 7 nitrogen and oxygen atoms in total. The quantitative estimate of drug-likeness (QED) is 0.225. The number of benzene rings is 2. The van der Waals surface area contributed by atoms with Gasteiger partial charge in [-0.3, -0.25) is 0 Å². The van der Waals surface area contributed by atoms with Crippen LogP contribution in [0.3, 0.4) is 0 Å². The molecule has 4 aromatic rings. The van der Waals surface area contributed by atoms with E-state index >= 15 is 0 Å². The van der Waals surface area contributed by atoms with Gasteiger partial charge in [0.05, 0.1) is 29.5 Å². The minimum Gasteiger partial charge on any atom is -0.512 e. The van der Waals surface area contributed by atoms with Crippen molar-refractivity contribution in [3.63, 3.8) is 0 Å². The van der Waals surface area contributed by atoms with E-state index in [2.05, 4.69) is 40.1 Å². The second-order valence-corrected chi connectivity index (χ2v) is 8.29. The van der Waals surface area contributed by atoms with Crippen LogP contribution in [0.15, 0.2) is 66.1 Å². The minimum absolute atomic E-state index is 0.0263. The van der Waals surface area contributed by atoms with E-state index in [1.165, 1.54) is 0 Å². The zero-order chi connectivity index (χ0) is 23.5. The Morgan fingerprint density at radius 2 is 1.79 bits per heavy atom. The molecule has 0 radical (unpaired) electrons. The van der Waals surface area contributed by atoms with E-state index in [4.69, 9.17) is 4.74 Å². The lowest BCUT2D eigenvalue weighted by atomic mass is 9.82. The Kier molecular flexibility index (Phi) is 6.49. The summed E-state index contributed by atoms with van der Waals surface area (Å²) in [7, 11) is 2.01. The molecule has 1 N–H and O–H groups in total. The molecule has 0 bridgehead atoms. The zero-order valence-electron chi connectivity index (χ0n) is 19.5. The topological polar surface area (TPSA) is 82.2 Å².